The summed E-state index contributed by atoms with van der Waals surface area (Å²) in [5, 5.41) is 18.0. The monoisotopic (exact) mass is 253 g/mol. The van der Waals surface area contributed by atoms with Crippen LogP contribution in [0.3, 0.4) is 0 Å². The van der Waals surface area contributed by atoms with Crippen LogP contribution in [0.2, 0.25) is 0 Å². The first-order valence-corrected chi connectivity index (χ1v) is 6.13. The number of aromatic nitrogens is 2. The largest absolute Gasteiger partial charge is 0.361 e. The third-order valence-corrected chi connectivity index (χ3v) is 3.39. The van der Waals surface area contributed by atoms with Gasteiger partial charge in [-0.15, -0.1) is 5.10 Å². The minimum absolute atomic E-state index is 0.0266. The quantitative estimate of drug-likeness (QED) is 0.609. The first-order valence-electron chi connectivity index (χ1n) is 6.13. The minimum atomic E-state index is -0.412. The van der Waals surface area contributed by atoms with E-state index in [0.717, 1.165) is 0 Å². The van der Waals surface area contributed by atoms with Crippen molar-refractivity contribution in [3.63, 3.8) is 0 Å². The minimum Gasteiger partial charge on any atom is -0.361 e. The van der Waals surface area contributed by atoms with Gasteiger partial charge < -0.3 is 5.32 Å². The van der Waals surface area contributed by atoms with Gasteiger partial charge in [0, 0.05) is 25.7 Å². The van der Waals surface area contributed by atoms with E-state index in [0.29, 0.717) is 24.4 Å². The van der Waals surface area contributed by atoms with Crippen molar-refractivity contribution >= 4 is 11.5 Å². The Morgan fingerprint density at radius 3 is 2.94 bits per heavy atom. The highest BCUT2D eigenvalue weighted by Gasteiger charge is 2.29. The normalized spacial score (nSPS) is 16.9. The summed E-state index contributed by atoms with van der Waals surface area (Å²) in [5.41, 5.74) is 0.0266. The molecule has 7 nitrogen and oxygen atoms in total. The lowest BCUT2D eigenvalue weighted by Gasteiger charge is -2.24. The van der Waals surface area contributed by atoms with Gasteiger partial charge in [-0.25, -0.2) is 0 Å². The maximum Gasteiger partial charge on any atom is 0.330 e. The SMILES string of the molecule is CC(CNc1nn(C)cc1[N+](=O)[O-])N(C)C1CC1. The van der Waals surface area contributed by atoms with Gasteiger partial charge in [0.2, 0.25) is 5.82 Å². The van der Waals surface area contributed by atoms with E-state index < -0.39 is 4.92 Å². The van der Waals surface area contributed by atoms with Crippen LogP contribution in [0.4, 0.5) is 11.5 Å². The van der Waals surface area contributed by atoms with Gasteiger partial charge in [0.05, 0.1) is 4.92 Å². The van der Waals surface area contributed by atoms with Crippen molar-refractivity contribution in [2.24, 2.45) is 7.05 Å². The molecule has 1 aliphatic carbocycles. The molecule has 1 unspecified atom stereocenters. The van der Waals surface area contributed by atoms with Gasteiger partial charge in [-0.3, -0.25) is 19.7 Å². The van der Waals surface area contributed by atoms with E-state index in [1.807, 2.05) is 0 Å². The number of likely N-dealkylation sites (N-methyl/N-ethyl adjacent to an activating group) is 1. The van der Waals surface area contributed by atoms with Crippen molar-refractivity contribution in [1.29, 1.82) is 0 Å². The van der Waals surface area contributed by atoms with Crippen LogP contribution < -0.4 is 5.32 Å². The number of anilines is 1. The second-order valence-electron chi connectivity index (χ2n) is 4.92. The van der Waals surface area contributed by atoms with Gasteiger partial charge in [0.15, 0.2) is 0 Å². The molecule has 0 amide bonds. The highest BCUT2D eigenvalue weighted by atomic mass is 16.6. The smallest absolute Gasteiger partial charge is 0.330 e. The third kappa shape index (κ3) is 2.79. The van der Waals surface area contributed by atoms with Crippen LogP contribution in [0.1, 0.15) is 19.8 Å². The standard InChI is InChI=1S/C11H19N5O2/c1-8(15(3)9-4-5-9)6-12-11-10(16(17)18)7-14(2)13-11/h7-9H,4-6H2,1-3H3,(H,12,13). The topological polar surface area (TPSA) is 76.2 Å². The third-order valence-electron chi connectivity index (χ3n) is 3.39. The molecule has 100 valence electrons. The maximum absolute atomic E-state index is 10.8. The molecule has 1 saturated carbocycles. The van der Waals surface area contributed by atoms with Crippen LogP contribution in [0, 0.1) is 10.1 Å². The lowest BCUT2D eigenvalue weighted by Crippen LogP contribution is -2.36. The van der Waals surface area contributed by atoms with Crippen LogP contribution in [-0.4, -0.2) is 45.3 Å². The Balaban J connectivity index is 1.94. The van der Waals surface area contributed by atoms with Gasteiger partial charge in [-0.2, -0.15) is 0 Å². The Morgan fingerprint density at radius 1 is 1.72 bits per heavy atom. The predicted octanol–water partition coefficient (Wildman–Crippen LogP) is 1.22. The Bertz CT molecular complexity index is 441. The Kier molecular flexibility index (Phi) is 3.51. The molecule has 0 spiro atoms. The summed E-state index contributed by atoms with van der Waals surface area (Å²) in [6.07, 6.45) is 3.92. The number of hydrogen-bond acceptors (Lipinski definition) is 5. The molecule has 1 aliphatic rings. The highest BCUT2D eigenvalue weighted by molar-refractivity contribution is 5.54. The number of nitrogens with zero attached hydrogens (tertiary/aromatic N) is 4. The average Bonchev–Trinajstić information content (AvgIpc) is 3.08. The number of aryl methyl sites for hydroxylation is 1. The lowest BCUT2D eigenvalue weighted by molar-refractivity contribution is -0.384. The number of nitrogens with one attached hydrogen (secondary N) is 1. The van der Waals surface area contributed by atoms with Crippen LogP contribution in [-0.2, 0) is 7.05 Å². The molecule has 1 fully saturated rings. The zero-order chi connectivity index (χ0) is 13.3. The first kappa shape index (κ1) is 12.8. The molecule has 7 heteroatoms. The number of nitro groups is 1. The lowest BCUT2D eigenvalue weighted by atomic mass is 10.3. The summed E-state index contributed by atoms with van der Waals surface area (Å²) in [6, 6.07) is 1.01. The van der Waals surface area contributed by atoms with Crippen LogP contribution >= 0.6 is 0 Å². The highest BCUT2D eigenvalue weighted by Crippen LogP contribution is 2.27. The summed E-state index contributed by atoms with van der Waals surface area (Å²) >= 11 is 0. The van der Waals surface area contributed by atoms with E-state index in [9.17, 15) is 10.1 Å². The van der Waals surface area contributed by atoms with Crippen molar-refractivity contribution < 1.29 is 4.92 Å². The van der Waals surface area contributed by atoms with Crippen molar-refractivity contribution in [3.8, 4) is 0 Å². The van der Waals surface area contributed by atoms with Gasteiger partial charge in [0.25, 0.3) is 0 Å². The van der Waals surface area contributed by atoms with E-state index in [4.69, 9.17) is 0 Å². The summed E-state index contributed by atoms with van der Waals surface area (Å²) in [6.45, 7) is 2.77. The zero-order valence-corrected chi connectivity index (χ0v) is 11.0. The summed E-state index contributed by atoms with van der Waals surface area (Å²) in [7, 11) is 3.77. The second kappa shape index (κ2) is 4.93. The van der Waals surface area contributed by atoms with E-state index in [1.54, 1.807) is 7.05 Å². The molecular weight excluding hydrogens is 234 g/mol. The molecule has 0 bridgehead atoms. The van der Waals surface area contributed by atoms with Gasteiger partial charge in [-0.1, -0.05) is 0 Å². The molecule has 1 N–H and O–H groups in total. The van der Waals surface area contributed by atoms with Crippen molar-refractivity contribution in [2.45, 2.75) is 31.8 Å². The van der Waals surface area contributed by atoms with Gasteiger partial charge >= 0.3 is 5.69 Å². The zero-order valence-electron chi connectivity index (χ0n) is 11.0. The molecule has 0 radical (unpaired) electrons. The Morgan fingerprint density at radius 2 is 2.39 bits per heavy atom. The summed E-state index contributed by atoms with van der Waals surface area (Å²) in [5.74, 6) is 0.346. The molecule has 1 heterocycles. The second-order valence-corrected chi connectivity index (χ2v) is 4.92. The molecule has 0 aromatic carbocycles. The van der Waals surface area contributed by atoms with Crippen molar-refractivity contribution in [2.75, 3.05) is 18.9 Å². The fourth-order valence-corrected chi connectivity index (χ4v) is 1.97. The Hall–Kier alpha value is -1.63. The van der Waals surface area contributed by atoms with E-state index >= 15 is 0 Å². The molecule has 1 aromatic heterocycles. The van der Waals surface area contributed by atoms with Crippen LogP contribution in [0.5, 0.6) is 0 Å². The van der Waals surface area contributed by atoms with E-state index in [2.05, 4.69) is 29.3 Å². The first-order chi connectivity index (χ1) is 8.49. The molecule has 1 aromatic rings. The van der Waals surface area contributed by atoms with Gasteiger partial charge in [0.1, 0.15) is 6.20 Å². The molecule has 18 heavy (non-hydrogen) atoms. The van der Waals surface area contributed by atoms with Gasteiger partial charge in [-0.05, 0) is 26.8 Å². The number of rotatable bonds is 6. The summed E-state index contributed by atoms with van der Waals surface area (Å²) < 4.78 is 1.45. The molecule has 1 atom stereocenters. The fraction of sp³-hybridized carbons (Fsp3) is 0.727. The average molecular weight is 253 g/mol. The van der Waals surface area contributed by atoms with E-state index in [1.165, 1.54) is 23.7 Å². The Labute approximate surface area is 106 Å². The van der Waals surface area contributed by atoms with Crippen LogP contribution in [0.15, 0.2) is 6.20 Å². The van der Waals surface area contributed by atoms with Crippen molar-refractivity contribution in [3.05, 3.63) is 16.3 Å². The maximum atomic E-state index is 10.8. The number of hydrogen-bond donors (Lipinski definition) is 1. The summed E-state index contributed by atoms with van der Waals surface area (Å²) in [4.78, 5) is 12.7. The predicted molar refractivity (Wildman–Crippen MR) is 68.6 cm³/mol. The van der Waals surface area contributed by atoms with Crippen LogP contribution in [0.25, 0.3) is 0 Å². The molecule has 2 rings (SSSR count). The molecular formula is C11H19N5O2. The fourth-order valence-electron chi connectivity index (χ4n) is 1.97. The van der Waals surface area contributed by atoms with E-state index in [-0.39, 0.29) is 5.69 Å². The molecule has 0 saturated heterocycles. The van der Waals surface area contributed by atoms with Crippen molar-refractivity contribution in [1.82, 2.24) is 14.7 Å². The molecule has 0 aliphatic heterocycles.